The van der Waals surface area contributed by atoms with Crippen molar-refractivity contribution < 1.29 is 14.4 Å². The minimum absolute atomic E-state index is 0.00745. The first-order valence-corrected chi connectivity index (χ1v) is 8.10. The molecule has 11 heteroatoms. The van der Waals surface area contributed by atoms with Gasteiger partial charge in [0.25, 0.3) is 5.56 Å². The number of benzene rings is 1. The Morgan fingerprint density at radius 3 is 2.60 bits per heavy atom. The van der Waals surface area contributed by atoms with Gasteiger partial charge in [0.2, 0.25) is 10.9 Å². The molecule has 0 saturated heterocycles. The van der Waals surface area contributed by atoms with Gasteiger partial charge in [-0.2, -0.15) is 9.78 Å². The molecule has 1 aromatic carbocycles. The van der Waals surface area contributed by atoms with Gasteiger partial charge in [0.05, 0.1) is 25.4 Å². The molecular formula is C14H15N5O5S. The van der Waals surface area contributed by atoms with Gasteiger partial charge in [-0.1, -0.05) is 11.8 Å². The molecular weight excluding hydrogens is 350 g/mol. The molecule has 0 radical (unpaired) electrons. The number of aromatic nitrogens is 3. The molecule has 0 aliphatic carbocycles. The lowest BCUT2D eigenvalue weighted by atomic mass is 10.2. The van der Waals surface area contributed by atoms with Crippen LogP contribution in [0.4, 0.5) is 5.69 Å². The molecule has 0 bridgehead atoms. The van der Waals surface area contributed by atoms with Gasteiger partial charge in [0, 0.05) is 11.6 Å². The Bertz CT molecular complexity index is 896. The minimum Gasteiger partial charge on any atom is -0.493 e. The summed E-state index contributed by atoms with van der Waals surface area (Å²) in [5.74, 6) is 0.188. The van der Waals surface area contributed by atoms with E-state index in [2.05, 4.69) is 15.3 Å². The van der Waals surface area contributed by atoms with Crippen molar-refractivity contribution in [3.63, 3.8) is 0 Å². The maximum Gasteiger partial charge on any atom is 0.315 e. The maximum absolute atomic E-state index is 12.1. The number of nitrogens with zero attached hydrogens (tertiary/aromatic N) is 5. The Morgan fingerprint density at radius 2 is 2.04 bits per heavy atom. The van der Waals surface area contributed by atoms with E-state index in [-0.39, 0.29) is 22.9 Å². The van der Waals surface area contributed by atoms with Crippen molar-refractivity contribution in [3.05, 3.63) is 43.9 Å². The standard InChI is InChI=1S/C14H15N5O5S/c1-8-13(20)18(14(25-4)17-16-8)15-7-9-5-10(19(21)22)12(24-3)11(6-9)23-2/h5-7H,1-4H3/b15-7-. The lowest BCUT2D eigenvalue weighted by molar-refractivity contribution is -0.385. The van der Waals surface area contributed by atoms with E-state index < -0.39 is 10.5 Å². The lowest BCUT2D eigenvalue weighted by Gasteiger charge is -2.09. The third-order valence-corrected chi connectivity index (χ3v) is 3.77. The number of aryl methyl sites for hydroxylation is 1. The summed E-state index contributed by atoms with van der Waals surface area (Å²) < 4.78 is 11.2. The van der Waals surface area contributed by atoms with E-state index in [1.165, 1.54) is 51.3 Å². The van der Waals surface area contributed by atoms with Crippen LogP contribution in [-0.2, 0) is 0 Å². The molecule has 0 amide bonds. The molecule has 0 atom stereocenters. The van der Waals surface area contributed by atoms with Gasteiger partial charge >= 0.3 is 5.69 Å². The molecule has 0 fully saturated rings. The number of thioether (sulfide) groups is 1. The highest BCUT2D eigenvalue weighted by Gasteiger charge is 2.21. The first-order chi connectivity index (χ1) is 11.9. The van der Waals surface area contributed by atoms with Crippen molar-refractivity contribution in [2.45, 2.75) is 12.1 Å². The lowest BCUT2D eigenvalue weighted by Crippen LogP contribution is -2.23. The maximum atomic E-state index is 12.1. The molecule has 132 valence electrons. The van der Waals surface area contributed by atoms with Gasteiger partial charge in [-0.15, -0.1) is 10.2 Å². The molecule has 10 nitrogen and oxygen atoms in total. The summed E-state index contributed by atoms with van der Waals surface area (Å²) in [5, 5.41) is 23.2. The fraction of sp³-hybridized carbons (Fsp3) is 0.286. The van der Waals surface area contributed by atoms with Crippen LogP contribution in [0.15, 0.2) is 27.2 Å². The predicted octanol–water partition coefficient (Wildman–Crippen LogP) is 1.48. The van der Waals surface area contributed by atoms with Crippen LogP contribution in [0, 0.1) is 17.0 Å². The summed E-state index contributed by atoms with van der Waals surface area (Å²) in [6.45, 7) is 1.52. The van der Waals surface area contributed by atoms with Gasteiger partial charge in [0.1, 0.15) is 5.69 Å². The van der Waals surface area contributed by atoms with E-state index >= 15 is 0 Å². The largest absolute Gasteiger partial charge is 0.493 e. The SMILES string of the molecule is COc1cc(/C=N\n2c(SC)nnc(C)c2=O)cc([N+](=O)[O-])c1OC. The van der Waals surface area contributed by atoms with Gasteiger partial charge in [-0.3, -0.25) is 14.9 Å². The van der Waals surface area contributed by atoms with Crippen molar-refractivity contribution in [2.75, 3.05) is 20.5 Å². The molecule has 1 aromatic heterocycles. The topological polar surface area (TPSA) is 122 Å². The van der Waals surface area contributed by atoms with Crippen molar-refractivity contribution in [1.29, 1.82) is 0 Å². The summed E-state index contributed by atoms with van der Waals surface area (Å²) in [4.78, 5) is 22.8. The van der Waals surface area contributed by atoms with E-state index in [1.807, 2.05) is 0 Å². The Hall–Kier alpha value is -2.95. The number of nitro benzene ring substituents is 1. The van der Waals surface area contributed by atoms with E-state index in [9.17, 15) is 14.9 Å². The van der Waals surface area contributed by atoms with Crippen LogP contribution in [-0.4, -0.2) is 46.5 Å². The Labute approximate surface area is 146 Å². The van der Waals surface area contributed by atoms with Gasteiger partial charge in [-0.05, 0) is 19.2 Å². The minimum atomic E-state index is -0.587. The monoisotopic (exact) mass is 365 g/mol. The number of ether oxygens (including phenoxy) is 2. The zero-order valence-electron chi connectivity index (χ0n) is 13.9. The van der Waals surface area contributed by atoms with Crippen molar-refractivity contribution in [2.24, 2.45) is 5.10 Å². The molecule has 0 saturated carbocycles. The highest BCUT2D eigenvalue weighted by Crippen LogP contribution is 2.37. The quantitative estimate of drug-likeness (QED) is 0.326. The van der Waals surface area contributed by atoms with Crippen LogP contribution in [0.5, 0.6) is 11.5 Å². The first kappa shape index (κ1) is 18.4. The molecule has 1 heterocycles. The van der Waals surface area contributed by atoms with Crippen molar-refractivity contribution >= 4 is 23.7 Å². The van der Waals surface area contributed by atoms with Crippen LogP contribution in [0.3, 0.4) is 0 Å². The fourth-order valence-corrected chi connectivity index (χ4v) is 2.40. The van der Waals surface area contributed by atoms with Gasteiger partial charge in [-0.25, -0.2) is 0 Å². The third-order valence-electron chi connectivity index (χ3n) is 3.15. The number of nitro groups is 1. The van der Waals surface area contributed by atoms with E-state index in [4.69, 9.17) is 9.47 Å². The molecule has 25 heavy (non-hydrogen) atoms. The molecule has 0 spiro atoms. The zero-order valence-corrected chi connectivity index (χ0v) is 14.7. The molecule has 0 unspecified atom stereocenters. The summed E-state index contributed by atoms with van der Waals surface area (Å²) in [5.41, 5.74) is -0.152. The number of methoxy groups -OCH3 is 2. The average Bonchev–Trinajstić information content (AvgIpc) is 2.61. The Morgan fingerprint density at radius 1 is 1.32 bits per heavy atom. The summed E-state index contributed by atoms with van der Waals surface area (Å²) in [7, 11) is 2.68. The first-order valence-electron chi connectivity index (χ1n) is 6.88. The highest BCUT2D eigenvalue weighted by atomic mass is 32.2. The number of hydrogen-bond donors (Lipinski definition) is 0. The van der Waals surface area contributed by atoms with E-state index in [0.717, 1.165) is 4.68 Å². The summed E-state index contributed by atoms with van der Waals surface area (Å²) in [6, 6.07) is 2.79. The van der Waals surface area contributed by atoms with Crippen LogP contribution >= 0.6 is 11.8 Å². The Kier molecular flexibility index (Phi) is 5.70. The highest BCUT2D eigenvalue weighted by molar-refractivity contribution is 7.98. The average molecular weight is 365 g/mol. The third kappa shape index (κ3) is 3.76. The molecule has 2 aromatic rings. The number of rotatable bonds is 6. The summed E-state index contributed by atoms with van der Waals surface area (Å²) >= 11 is 1.20. The Balaban J connectivity index is 2.56. The normalized spacial score (nSPS) is 10.9. The second-order valence-electron chi connectivity index (χ2n) is 4.67. The fourth-order valence-electron chi connectivity index (χ4n) is 1.97. The van der Waals surface area contributed by atoms with Crippen LogP contribution in [0.1, 0.15) is 11.3 Å². The van der Waals surface area contributed by atoms with Crippen LogP contribution in [0.25, 0.3) is 0 Å². The molecule has 0 aliphatic heterocycles. The smallest absolute Gasteiger partial charge is 0.315 e. The second-order valence-corrected chi connectivity index (χ2v) is 5.44. The van der Waals surface area contributed by atoms with Gasteiger partial charge in [0.15, 0.2) is 5.75 Å². The van der Waals surface area contributed by atoms with Crippen LogP contribution < -0.4 is 15.0 Å². The van der Waals surface area contributed by atoms with E-state index in [0.29, 0.717) is 10.7 Å². The van der Waals surface area contributed by atoms with Crippen molar-refractivity contribution in [3.8, 4) is 11.5 Å². The summed E-state index contributed by atoms with van der Waals surface area (Å²) in [6.07, 6.45) is 3.03. The van der Waals surface area contributed by atoms with E-state index in [1.54, 1.807) is 6.26 Å². The van der Waals surface area contributed by atoms with Crippen molar-refractivity contribution in [1.82, 2.24) is 14.9 Å². The molecule has 0 N–H and O–H groups in total. The second kappa shape index (κ2) is 7.75. The zero-order chi connectivity index (χ0) is 18.6. The predicted molar refractivity (Wildman–Crippen MR) is 92.0 cm³/mol. The number of hydrogen-bond acceptors (Lipinski definition) is 9. The van der Waals surface area contributed by atoms with Gasteiger partial charge < -0.3 is 9.47 Å². The molecule has 2 rings (SSSR count). The molecule has 0 aliphatic rings. The van der Waals surface area contributed by atoms with Crippen LogP contribution in [0.2, 0.25) is 0 Å².